The molecular weight excluding hydrogens is 408 g/mol. The Kier molecular flexibility index (Phi) is 8.35. The van der Waals surface area contributed by atoms with Crippen molar-refractivity contribution in [3.8, 4) is 11.5 Å². The molecule has 0 aliphatic rings. The van der Waals surface area contributed by atoms with E-state index in [9.17, 15) is 14.4 Å². The summed E-state index contributed by atoms with van der Waals surface area (Å²) >= 11 is 0. The van der Waals surface area contributed by atoms with E-state index >= 15 is 0 Å². The number of hydrogen-bond donors (Lipinski definition) is 1. The third kappa shape index (κ3) is 5.30. The Labute approximate surface area is 179 Å². The van der Waals surface area contributed by atoms with Gasteiger partial charge in [0.05, 0.1) is 33.1 Å². The molecule has 11 nitrogen and oxygen atoms in total. The number of carbonyl (C=O) groups is 3. The Balaban J connectivity index is 2.44. The van der Waals surface area contributed by atoms with Gasteiger partial charge in [-0.3, -0.25) is 4.79 Å². The van der Waals surface area contributed by atoms with E-state index in [0.717, 1.165) is 4.68 Å². The second-order valence-electron chi connectivity index (χ2n) is 6.15. The van der Waals surface area contributed by atoms with Crippen LogP contribution < -0.4 is 14.8 Å². The molecule has 11 heteroatoms. The number of esters is 2. The monoisotopic (exact) mass is 434 g/mol. The fourth-order valence-electron chi connectivity index (χ4n) is 2.84. The second kappa shape index (κ2) is 11.0. The Bertz CT molecular complexity index is 942. The van der Waals surface area contributed by atoms with E-state index < -0.39 is 23.9 Å². The summed E-state index contributed by atoms with van der Waals surface area (Å²) in [6.07, 6.45) is 0.246. The van der Waals surface area contributed by atoms with Gasteiger partial charge in [0.1, 0.15) is 17.5 Å². The molecule has 0 saturated carbocycles. The highest BCUT2D eigenvalue weighted by atomic mass is 16.5. The number of amides is 1. The van der Waals surface area contributed by atoms with Gasteiger partial charge in [0.15, 0.2) is 5.69 Å². The second-order valence-corrected chi connectivity index (χ2v) is 6.15. The Morgan fingerprint density at radius 3 is 2.29 bits per heavy atom. The smallest absolute Gasteiger partial charge is 0.361 e. The lowest BCUT2D eigenvalue weighted by molar-refractivity contribution is -0.119. The van der Waals surface area contributed by atoms with Crippen LogP contribution in [0.5, 0.6) is 11.5 Å². The summed E-state index contributed by atoms with van der Waals surface area (Å²) in [5, 5.41) is 10.4. The van der Waals surface area contributed by atoms with E-state index in [4.69, 9.17) is 18.9 Å². The minimum atomic E-state index is -0.967. The summed E-state index contributed by atoms with van der Waals surface area (Å²) in [5.74, 6) is -1.23. The Morgan fingerprint density at radius 2 is 1.71 bits per heavy atom. The van der Waals surface area contributed by atoms with E-state index in [1.54, 1.807) is 39.0 Å². The SMILES string of the molecule is CCOC(=O)c1nnn(C(CC)C(=O)Nc2cc(OC)ccc2OC)c1C(=O)OCC. The number of aromatic nitrogens is 3. The van der Waals surface area contributed by atoms with E-state index in [2.05, 4.69) is 15.6 Å². The molecule has 1 heterocycles. The van der Waals surface area contributed by atoms with Crippen LogP contribution in [0, 0.1) is 0 Å². The highest BCUT2D eigenvalue weighted by molar-refractivity contribution is 6.01. The first kappa shape index (κ1) is 23.6. The summed E-state index contributed by atoms with van der Waals surface area (Å²) in [6.45, 7) is 5.12. The van der Waals surface area contributed by atoms with Crippen LogP contribution in [0.3, 0.4) is 0 Å². The fraction of sp³-hybridized carbons (Fsp3) is 0.450. The van der Waals surface area contributed by atoms with Gasteiger partial charge in [-0.05, 0) is 32.4 Å². The van der Waals surface area contributed by atoms with E-state index in [1.807, 2.05) is 0 Å². The predicted molar refractivity (Wildman–Crippen MR) is 109 cm³/mol. The number of benzene rings is 1. The maximum atomic E-state index is 13.1. The van der Waals surface area contributed by atoms with Crippen LogP contribution in [0.2, 0.25) is 0 Å². The molecule has 168 valence electrons. The summed E-state index contributed by atoms with van der Waals surface area (Å²) in [5.41, 5.74) is -0.195. The van der Waals surface area contributed by atoms with Gasteiger partial charge in [0.2, 0.25) is 11.6 Å². The number of hydrogen-bond acceptors (Lipinski definition) is 9. The molecule has 2 rings (SSSR count). The quantitative estimate of drug-likeness (QED) is 0.559. The molecule has 1 aromatic heterocycles. The number of rotatable bonds is 10. The Hall–Kier alpha value is -3.63. The van der Waals surface area contributed by atoms with Gasteiger partial charge < -0.3 is 24.3 Å². The zero-order chi connectivity index (χ0) is 23.0. The van der Waals surface area contributed by atoms with E-state index in [1.165, 1.54) is 14.2 Å². The average Bonchev–Trinajstić information content (AvgIpc) is 3.19. The van der Waals surface area contributed by atoms with Gasteiger partial charge in [-0.2, -0.15) is 0 Å². The Morgan fingerprint density at radius 1 is 1.03 bits per heavy atom. The summed E-state index contributed by atoms with van der Waals surface area (Å²) in [7, 11) is 2.97. The standard InChI is InChI=1S/C20H26N4O7/c1-6-14(18(25)21-13-11-12(28-4)9-10-15(13)29-5)24-17(20(27)31-8-3)16(22-23-24)19(26)30-7-2/h9-11,14H,6-8H2,1-5H3,(H,21,25). The van der Waals surface area contributed by atoms with Crippen molar-refractivity contribution in [2.75, 3.05) is 32.8 Å². The molecule has 0 fully saturated rings. The van der Waals surface area contributed by atoms with Gasteiger partial charge >= 0.3 is 11.9 Å². The number of nitrogens with zero attached hydrogens (tertiary/aromatic N) is 3. The van der Waals surface area contributed by atoms with Crippen molar-refractivity contribution in [1.82, 2.24) is 15.0 Å². The fourth-order valence-corrected chi connectivity index (χ4v) is 2.84. The van der Waals surface area contributed by atoms with E-state index in [0.29, 0.717) is 17.2 Å². The van der Waals surface area contributed by atoms with Gasteiger partial charge in [-0.15, -0.1) is 5.10 Å². The number of ether oxygens (including phenoxy) is 4. The molecule has 31 heavy (non-hydrogen) atoms. The van der Waals surface area contributed by atoms with Crippen LogP contribution in [0.4, 0.5) is 5.69 Å². The average molecular weight is 434 g/mol. The van der Waals surface area contributed by atoms with Crippen LogP contribution in [-0.2, 0) is 14.3 Å². The molecule has 0 radical (unpaired) electrons. The molecule has 1 amide bonds. The van der Waals surface area contributed by atoms with E-state index in [-0.39, 0.29) is 31.0 Å². The highest BCUT2D eigenvalue weighted by Gasteiger charge is 2.33. The first-order chi connectivity index (χ1) is 14.9. The minimum absolute atomic E-state index is 0.0657. The van der Waals surface area contributed by atoms with Gasteiger partial charge in [-0.25, -0.2) is 14.3 Å². The third-order valence-electron chi connectivity index (χ3n) is 4.28. The molecule has 0 spiro atoms. The normalized spacial score (nSPS) is 11.4. The van der Waals surface area contributed by atoms with Crippen molar-refractivity contribution in [2.24, 2.45) is 0 Å². The van der Waals surface area contributed by atoms with Crippen LogP contribution in [0.25, 0.3) is 0 Å². The molecule has 1 N–H and O–H groups in total. The molecule has 1 atom stereocenters. The molecule has 0 bridgehead atoms. The van der Waals surface area contributed by atoms with Gasteiger partial charge in [0, 0.05) is 6.07 Å². The van der Waals surface area contributed by atoms with Crippen LogP contribution in [0.1, 0.15) is 54.2 Å². The molecule has 0 aliphatic heterocycles. The summed E-state index contributed by atoms with van der Waals surface area (Å²) < 4.78 is 21.5. The number of carbonyl (C=O) groups excluding carboxylic acids is 3. The molecule has 0 saturated heterocycles. The van der Waals surface area contributed by atoms with Crippen molar-refractivity contribution in [3.63, 3.8) is 0 Å². The van der Waals surface area contributed by atoms with Crippen LogP contribution >= 0.6 is 0 Å². The zero-order valence-electron chi connectivity index (χ0n) is 18.1. The van der Waals surface area contributed by atoms with Crippen molar-refractivity contribution >= 4 is 23.5 Å². The van der Waals surface area contributed by atoms with Gasteiger partial charge in [-0.1, -0.05) is 12.1 Å². The molecule has 1 aromatic carbocycles. The topological polar surface area (TPSA) is 131 Å². The molecule has 0 aliphatic carbocycles. The number of nitrogens with one attached hydrogen (secondary N) is 1. The molecule has 2 aromatic rings. The van der Waals surface area contributed by atoms with Crippen molar-refractivity contribution in [3.05, 3.63) is 29.6 Å². The van der Waals surface area contributed by atoms with Crippen LogP contribution in [-0.4, -0.2) is 60.3 Å². The summed E-state index contributed by atoms with van der Waals surface area (Å²) in [4.78, 5) is 37.9. The van der Waals surface area contributed by atoms with Gasteiger partial charge in [0.25, 0.3) is 0 Å². The lowest BCUT2D eigenvalue weighted by Crippen LogP contribution is -2.30. The minimum Gasteiger partial charge on any atom is -0.497 e. The van der Waals surface area contributed by atoms with Crippen molar-refractivity contribution in [2.45, 2.75) is 33.2 Å². The number of anilines is 1. The predicted octanol–water partition coefficient (Wildman–Crippen LogP) is 2.24. The lowest BCUT2D eigenvalue weighted by atomic mass is 10.1. The lowest BCUT2D eigenvalue weighted by Gasteiger charge is -2.18. The first-order valence-electron chi connectivity index (χ1n) is 9.73. The summed E-state index contributed by atoms with van der Waals surface area (Å²) in [6, 6.07) is 3.97. The maximum absolute atomic E-state index is 13.1. The maximum Gasteiger partial charge on any atom is 0.361 e. The molecular formula is C20H26N4O7. The first-order valence-corrected chi connectivity index (χ1v) is 9.73. The van der Waals surface area contributed by atoms with Crippen molar-refractivity contribution in [1.29, 1.82) is 0 Å². The van der Waals surface area contributed by atoms with Crippen LogP contribution in [0.15, 0.2) is 18.2 Å². The zero-order valence-corrected chi connectivity index (χ0v) is 18.1. The van der Waals surface area contributed by atoms with Crippen molar-refractivity contribution < 1.29 is 33.3 Å². The molecule has 1 unspecified atom stereocenters. The highest BCUT2D eigenvalue weighted by Crippen LogP contribution is 2.30. The number of methoxy groups -OCH3 is 2. The largest absolute Gasteiger partial charge is 0.497 e. The third-order valence-corrected chi connectivity index (χ3v) is 4.28.